The molecule has 0 aliphatic heterocycles. The number of rotatable bonds is 7. The van der Waals surface area contributed by atoms with E-state index in [1.165, 1.54) is 36.9 Å². The van der Waals surface area contributed by atoms with Gasteiger partial charge in [-0.2, -0.15) is 0 Å². The molecule has 1 aromatic carbocycles. The van der Waals surface area contributed by atoms with Crippen LogP contribution >= 0.6 is 0 Å². The van der Waals surface area contributed by atoms with E-state index in [-0.39, 0.29) is 0 Å². The van der Waals surface area contributed by atoms with Gasteiger partial charge in [0.2, 0.25) is 0 Å². The Morgan fingerprint density at radius 3 is 2.53 bits per heavy atom. The van der Waals surface area contributed by atoms with Crippen LogP contribution < -0.4 is 10.2 Å². The second-order valence-electron chi connectivity index (χ2n) is 5.10. The fourth-order valence-corrected chi connectivity index (χ4v) is 1.94. The molecular weight excluding hydrogens is 208 g/mol. The van der Waals surface area contributed by atoms with E-state index in [1.807, 2.05) is 0 Å². The second-order valence-corrected chi connectivity index (χ2v) is 5.10. The zero-order chi connectivity index (χ0) is 12.1. The maximum Gasteiger partial charge on any atom is 0.0363 e. The normalized spacial score (nSPS) is 14.9. The van der Waals surface area contributed by atoms with Gasteiger partial charge in [-0.3, -0.25) is 0 Å². The van der Waals surface area contributed by atoms with Gasteiger partial charge in [-0.15, -0.1) is 0 Å². The molecule has 0 atom stereocenters. The number of hydrogen-bond acceptors (Lipinski definition) is 2. The molecule has 0 aromatic heterocycles. The van der Waals surface area contributed by atoms with Gasteiger partial charge in [0, 0.05) is 31.9 Å². The molecule has 1 aliphatic carbocycles. The number of nitrogens with zero attached hydrogens (tertiary/aromatic N) is 1. The highest BCUT2D eigenvalue weighted by Crippen LogP contribution is 2.20. The minimum atomic E-state index is 0.793. The lowest BCUT2D eigenvalue weighted by Crippen LogP contribution is -2.18. The van der Waals surface area contributed by atoms with Crippen molar-refractivity contribution in [2.45, 2.75) is 45.2 Å². The first-order chi connectivity index (χ1) is 8.29. The van der Waals surface area contributed by atoms with E-state index in [0.717, 1.165) is 19.1 Å². The first-order valence-electron chi connectivity index (χ1n) is 6.83. The first kappa shape index (κ1) is 12.4. The van der Waals surface area contributed by atoms with Crippen LogP contribution in [0.3, 0.4) is 0 Å². The number of hydrogen-bond donors (Lipinski definition) is 1. The molecule has 1 aromatic rings. The highest BCUT2D eigenvalue weighted by atomic mass is 15.1. The molecule has 1 saturated carbocycles. The second kappa shape index (κ2) is 6.06. The van der Waals surface area contributed by atoms with E-state index in [1.54, 1.807) is 0 Å². The molecule has 0 unspecified atom stereocenters. The minimum absolute atomic E-state index is 0.793. The van der Waals surface area contributed by atoms with Crippen molar-refractivity contribution in [3.63, 3.8) is 0 Å². The Morgan fingerprint density at radius 1 is 1.24 bits per heavy atom. The number of nitrogens with one attached hydrogen (secondary N) is 1. The molecular formula is C15H24N2. The fraction of sp³-hybridized carbons (Fsp3) is 0.600. The Kier molecular flexibility index (Phi) is 4.43. The Bertz CT molecular complexity index is 327. The van der Waals surface area contributed by atoms with E-state index in [0.29, 0.717) is 0 Å². The van der Waals surface area contributed by atoms with Crippen molar-refractivity contribution in [2.75, 3.05) is 18.5 Å². The average Bonchev–Trinajstić information content (AvgIpc) is 3.18. The summed E-state index contributed by atoms with van der Waals surface area (Å²) in [6.07, 6.45) is 5.24. The van der Waals surface area contributed by atoms with E-state index in [9.17, 15) is 0 Å². The van der Waals surface area contributed by atoms with Crippen molar-refractivity contribution in [1.29, 1.82) is 0 Å². The summed E-state index contributed by atoms with van der Waals surface area (Å²) in [5, 5.41) is 3.54. The zero-order valence-electron chi connectivity index (χ0n) is 11.1. The van der Waals surface area contributed by atoms with Crippen LogP contribution in [0, 0.1) is 0 Å². The van der Waals surface area contributed by atoms with Crippen molar-refractivity contribution >= 4 is 5.69 Å². The average molecular weight is 232 g/mol. The third-order valence-corrected chi connectivity index (χ3v) is 3.40. The summed E-state index contributed by atoms with van der Waals surface area (Å²) in [6, 6.07) is 9.75. The first-order valence-corrected chi connectivity index (χ1v) is 6.83. The van der Waals surface area contributed by atoms with Crippen LogP contribution in [0.2, 0.25) is 0 Å². The smallest absolute Gasteiger partial charge is 0.0363 e. The van der Waals surface area contributed by atoms with Gasteiger partial charge >= 0.3 is 0 Å². The van der Waals surface area contributed by atoms with E-state index in [4.69, 9.17) is 0 Å². The Hall–Kier alpha value is -1.02. The molecule has 1 N–H and O–H groups in total. The van der Waals surface area contributed by atoms with Gasteiger partial charge in [-0.1, -0.05) is 25.5 Å². The van der Waals surface area contributed by atoms with Gasteiger partial charge in [-0.25, -0.2) is 0 Å². The molecule has 0 bridgehead atoms. The largest absolute Gasteiger partial charge is 0.375 e. The summed E-state index contributed by atoms with van der Waals surface area (Å²) in [5.74, 6) is 0. The van der Waals surface area contributed by atoms with Crippen LogP contribution in [0.15, 0.2) is 24.3 Å². The van der Waals surface area contributed by atoms with Crippen molar-refractivity contribution in [3.05, 3.63) is 29.8 Å². The monoisotopic (exact) mass is 232 g/mol. The van der Waals surface area contributed by atoms with Crippen LogP contribution in [0.1, 0.15) is 38.2 Å². The summed E-state index contributed by atoms with van der Waals surface area (Å²) < 4.78 is 0. The SMILES string of the molecule is CCCCN(C)c1ccc(CNC2CC2)cc1. The van der Waals surface area contributed by atoms with E-state index < -0.39 is 0 Å². The highest BCUT2D eigenvalue weighted by Gasteiger charge is 2.19. The predicted molar refractivity (Wildman–Crippen MR) is 74.5 cm³/mol. The van der Waals surface area contributed by atoms with Gasteiger partial charge in [0.25, 0.3) is 0 Å². The topological polar surface area (TPSA) is 15.3 Å². The summed E-state index contributed by atoms with van der Waals surface area (Å²) in [6.45, 7) is 4.40. The minimum Gasteiger partial charge on any atom is -0.375 e. The fourth-order valence-electron chi connectivity index (χ4n) is 1.94. The van der Waals surface area contributed by atoms with Gasteiger partial charge < -0.3 is 10.2 Å². The summed E-state index contributed by atoms with van der Waals surface area (Å²) in [7, 11) is 2.17. The molecule has 2 heteroatoms. The van der Waals surface area contributed by atoms with Gasteiger partial charge in [0.15, 0.2) is 0 Å². The van der Waals surface area contributed by atoms with Gasteiger partial charge in [0.05, 0.1) is 0 Å². The Morgan fingerprint density at radius 2 is 1.94 bits per heavy atom. The molecule has 0 amide bonds. The van der Waals surface area contributed by atoms with E-state index >= 15 is 0 Å². The third kappa shape index (κ3) is 4.04. The lowest BCUT2D eigenvalue weighted by atomic mass is 10.2. The number of anilines is 1. The maximum absolute atomic E-state index is 3.54. The van der Waals surface area contributed by atoms with Crippen LogP contribution in [-0.4, -0.2) is 19.6 Å². The van der Waals surface area contributed by atoms with Crippen molar-refractivity contribution in [2.24, 2.45) is 0 Å². The molecule has 94 valence electrons. The molecule has 17 heavy (non-hydrogen) atoms. The highest BCUT2D eigenvalue weighted by molar-refractivity contribution is 5.46. The summed E-state index contributed by atoms with van der Waals surface area (Å²) in [5.41, 5.74) is 2.72. The molecule has 1 aliphatic rings. The van der Waals surface area contributed by atoms with Crippen LogP contribution in [0.5, 0.6) is 0 Å². The van der Waals surface area contributed by atoms with Crippen LogP contribution in [0.4, 0.5) is 5.69 Å². The molecule has 2 nitrogen and oxygen atoms in total. The van der Waals surface area contributed by atoms with Crippen LogP contribution in [0.25, 0.3) is 0 Å². The molecule has 0 radical (unpaired) electrons. The van der Waals surface area contributed by atoms with Crippen molar-refractivity contribution in [3.8, 4) is 0 Å². The molecule has 0 saturated heterocycles. The molecule has 0 spiro atoms. The number of benzene rings is 1. The van der Waals surface area contributed by atoms with Crippen molar-refractivity contribution in [1.82, 2.24) is 5.32 Å². The summed E-state index contributed by atoms with van der Waals surface area (Å²) in [4.78, 5) is 2.33. The van der Waals surface area contributed by atoms with Crippen LogP contribution in [-0.2, 0) is 6.54 Å². The maximum atomic E-state index is 3.54. The zero-order valence-corrected chi connectivity index (χ0v) is 11.1. The lowest BCUT2D eigenvalue weighted by molar-refractivity contribution is 0.687. The standard InChI is InChI=1S/C15H24N2/c1-3-4-11-17(2)15-9-5-13(6-10-15)12-16-14-7-8-14/h5-6,9-10,14,16H,3-4,7-8,11-12H2,1-2H3. The van der Waals surface area contributed by atoms with E-state index in [2.05, 4.69) is 48.5 Å². The molecule has 0 heterocycles. The quantitative estimate of drug-likeness (QED) is 0.777. The predicted octanol–water partition coefficient (Wildman–Crippen LogP) is 3.17. The van der Waals surface area contributed by atoms with Crippen molar-refractivity contribution < 1.29 is 0 Å². The van der Waals surface area contributed by atoms with Gasteiger partial charge in [0.1, 0.15) is 0 Å². The number of unbranched alkanes of at least 4 members (excludes halogenated alkanes) is 1. The summed E-state index contributed by atoms with van der Waals surface area (Å²) >= 11 is 0. The molecule has 1 fully saturated rings. The van der Waals surface area contributed by atoms with Gasteiger partial charge in [-0.05, 0) is 37.0 Å². The third-order valence-electron chi connectivity index (χ3n) is 3.40. The lowest BCUT2D eigenvalue weighted by Gasteiger charge is -2.19. The molecule has 2 rings (SSSR count). The Balaban J connectivity index is 1.82. The Labute approximate surface area is 105 Å².